The quantitative estimate of drug-likeness (QED) is 0.867. The zero-order valence-corrected chi connectivity index (χ0v) is 10.2. The largest absolute Gasteiger partial charge is 0.384 e. The molecule has 2 aromatic rings. The highest BCUT2D eigenvalue weighted by Crippen LogP contribution is 2.11. The smallest absolute Gasteiger partial charge is 0.224 e. The van der Waals surface area contributed by atoms with Crippen molar-refractivity contribution in [3.63, 3.8) is 0 Å². The Balaban J connectivity index is 1.92. The number of hydrogen-bond donors (Lipinski definition) is 2. The van der Waals surface area contributed by atoms with Gasteiger partial charge in [0.1, 0.15) is 11.6 Å². The zero-order chi connectivity index (χ0) is 13.0. The predicted octanol–water partition coefficient (Wildman–Crippen LogP) is 2.16. The second-order valence-corrected chi connectivity index (χ2v) is 4.05. The Hall–Kier alpha value is -2.17. The fourth-order valence-electron chi connectivity index (χ4n) is 1.71. The average Bonchev–Trinajstić information content (AvgIpc) is 2.32. The van der Waals surface area contributed by atoms with Crippen LogP contribution < -0.4 is 11.1 Å². The summed E-state index contributed by atoms with van der Waals surface area (Å²) in [5, 5.41) is 3.08. The van der Waals surface area contributed by atoms with E-state index in [0.717, 1.165) is 17.5 Å². The molecule has 0 saturated heterocycles. The fourth-order valence-corrected chi connectivity index (χ4v) is 1.71. The normalized spacial score (nSPS) is 10.3. The van der Waals surface area contributed by atoms with Crippen LogP contribution in [0.4, 0.5) is 16.2 Å². The van der Waals surface area contributed by atoms with Gasteiger partial charge in [0, 0.05) is 12.7 Å². The van der Waals surface area contributed by atoms with E-state index in [9.17, 15) is 4.39 Å². The van der Waals surface area contributed by atoms with E-state index < -0.39 is 0 Å². The summed E-state index contributed by atoms with van der Waals surface area (Å²) in [6, 6.07) is 6.44. The molecule has 3 N–H and O–H groups in total. The number of nitrogens with one attached hydrogen (secondary N) is 1. The topological polar surface area (TPSA) is 63.8 Å². The van der Waals surface area contributed by atoms with Crippen LogP contribution in [0.1, 0.15) is 11.1 Å². The van der Waals surface area contributed by atoms with Crippen molar-refractivity contribution in [1.82, 2.24) is 9.97 Å². The van der Waals surface area contributed by atoms with Gasteiger partial charge in [-0.25, -0.2) is 9.37 Å². The van der Waals surface area contributed by atoms with Crippen LogP contribution >= 0.6 is 0 Å². The van der Waals surface area contributed by atoms with Crippen molar-refractivity contribution >= 4 is 11.8 Å². The Labute approximate surface area is 105 Å². The summed E-state index contributed by atoms with van der Waals surface area (Å²) in [5.41, 5.74) is 7.60. The molecule has 0 radical (unpaired) electrons. The van der Waals surface area contributed by atoms with Gasteiger partial charge in [-0.3, -0.25) is 0 Å². The summed E-state index contributed by atoms with van der Waals surface area (Å²) in [4.78, 5) is 8.08. The van der Waals surface area contributed by atoms with Crippen LogP contribution in [-0.4, -0.2) is 16.5 Å². The second-order valence-electron chi connectivity index (χ2n) is 4.05. The van der Waals surface area contributed by atoms with Gasteiger partial charge in [-0.2, -0.15) is 4.98 Å². The number of benzene rings is 1. The number of halogens is 1. The third-order valence-electron chi connectivity index (χ3n) is 2.66. The van der Waals surface area contributed by atoms with Gasteiger partial charge in [-0.1, -0.05) is 6.07 Å². The van der Waals surface area contributed by atoms with E-state index in [1.807, 2.05) is 6.92 Å². The molecule has 0 amide bonds. The first-order chi connectivity index (χ1) is 8.65. The lowest BCUT2D eigenvalue weighted by atomic mass is 10.1. The van der Waals surface area contributed by atoms with Crippen molar-refractivity contribution in [2.75, 3.05) is 17.6 Å². The van der Waals surface area contributed by atoms with Gasteiger partial charge in [0.05, 0.1) is 0 Å². The molecule has 0 saturated carbocycles. The molecule has 1 aromatic heterocycles. The zero-order valence-electron chi connectivity index (χ0n) is 10.2. The molecule has 0 aliphatic rings. The molecule has 94 valence electrons. The summed E-state index contributed by atoms with van der Waals surface area (Å²) in [5.74, 6) is 0.739. The molecular weight excluding hydrogens is 231 g/mol. The summed E-state index contributed by atoms with van der Waals surface area (Å²) in [6.45, 7) is 2.57. The molecule has 1 aromatic carbocycles. The van der Waals surface area contributed by atoms with E-state index in [-0.39, 0.29) is 5.82 Å². The highest BCUT2D eigenvalue weighted by molar-refractivity contribution is 5.35. The minimum absolute atomic E-state index is 0.205. The Morgan fingerprint density at radius 1 is 1.33 bits per heavy atom. The van der Waals surface area contributed by atoms with E-state index in [1.54, 1.807) is 18.3 Å². The molecule has 0 aliphatic heterocycles. The van der Waals surface area contributed by atoms with Gasteiger partial charge in [0.15, 0.2) is 0 Å². The van der Waals surface area contributed by atoms with E-state index in [2.05, 4.69) is 15.3 Å². The van der Waals surface area contributed by atoms with Crippen LogP contribution in [0.5, 0.6) is 0 Å². The van der Waals surface area contributed by atoms with E-state index in [4.69, 9.17) is 5.73 Å². The van der Waals surface area contributed by atoms with Gasteiger partial charge in [0.2, 0.25) is 5.95 Å². The lowest BCUT2D eigenvalue weighted by Gasteiger charge is -2.07. The molecule has 0 spiro atoms. The maximum Gasteiger partial charge on any atom is 0.224 e. The molecule has 0 aliphatic carbocycles. The molecule has 4 nitrogen and oxygen atoms in total. The minimum Gasteiger partial charge on any atom is -0.384 e. The van der Waals surface area contributed by atoms with Crippen molar-refractivity contribution in [3.8, 4) is 0 Å². The lowest BCUT2D eigenvalue weighted by molar-refractivity contribution is 0.625. The fraction of sp³-hybridized carbons (Fsp3) is 0.231. The van der Waals surface area contributed by atoms with Crippen molar-refractivity contribution in [2.45, 2.75) is 13.3 Å². The molecule has 0 atom stereocenters. The summed E-state index contributed by atoms with van der Waals surface area (Å²) in [6.07, 6.45) is 2.39. The number of aromatic nitrogens is 2. The van der Waals surface area contributed by atoms with Crippen LogP contribution in [0.3, 0.4) is 0 Å². The number of nitrogens with zero attached hydrogens (tertiary/aromatic N) is 2. The second kappa shape index (κ2) is 5.44. The van der Waals surface area contributed by atoms with Gasteiger partial charge in [-0.15, -0.1) is 0 Å². The average molecular weight is 246 g/mol. The van der Waals surface area contributed by atoms with Crippen molar-refractivity contribution < 1.29 is 4.39 Å². The van der Waals surface area contributed by atoms with Crippen LogP contribution in [0.15, 0.2) is 30.5 Å². The minimum atomic E-state index is -0.205. The third kappa shape index (κ3) is 3.16. The molecule has 1 heterocycles. The highest BCUT2D eigenvalue weighted by Gasteiger charge is 2.01. The monoisotopic (exact) mass is 246 g/mol. The number of anilines is 2. The first-order valence-corrected chi connectivity index (χ1v) is 5.72. The summed E-state index contributed by atoms with van der Waals surface area (Å²) in [7, 11) is 0. The number of hydrogen-bond acceptors (Lipinski definition) is 4. The molecule has 0 unspecified atom stereocenters. The van der Waals surface area contributed by atoms with Crippen molar-refractivity contribution in [3.05, 3.63) is 47.4 Å². The maximum atomic E-state index is 12.9. The standard InChI is InChI=1S/C13H15FN4/c1-9-8-11(14)3-2-10(9)4-6-16-13-17-7-5-12(15)18-13/h2-3,5,7-8H,4,6H2,1H3,(H3,15,16,17,18). The van der Waals surface area contributed by atoms with Crippen LogP contribution in [-0.2, 0) is 6.42 Å². The number of nitrogens with two attached hydrogens (primary N) is 1. The Bertz CT molecular complexity index is 542. The van der Waals surface area contributed by atoms with E-state index in [0.29, 0.717) is 18.3 Å². The van der Waals surface area contributed by atoms with Crippen LogP contribution in [0, 0.1) is 12.7 Å². The first-order valence-electron chi connectivity index (χ1n) is 5.72. The van der Waals surface area contributed by atoms with E-state index >= 15 is 0 Å². The molecule has 2 rings (SSSR count). The maximum absolute atomic E-state index is 12.9. The Kier molecular flexibility index (Phi) is 3.72. The molecular formula is C13H15FN4. The summed E-state index contributed by atoms with van der Waals surface area (Å²) < 4.78 is 12.9. The van der Waals surface area contributed by atoms with Crippen LogP contribution in [0.25, 0.3) is 0 Å². The van der Waals surface area contributed by atoms with Gasteiger partial charge >= 0.3 is 0 Å². The first kappa shape index (κ1) is 12.3. The van der Waals surface area contributed by atoms with E-state index in [1.165, 1.54) is 12.1 Å². The highest BCUT2D eigenvalue weighted by atomic mass is 19.1. The van der Waals surface area contributed by atoms with Gasteiger partial charge < -0.3 is 11.1 Å². The van der Waals surface area contributed by atoms with Crippen molar-refractivity contribution in [2.24, 2.45) is 0 Å². The van der Waals surface area contributed by atoms with Crippen LogP contribution in [0.2, 0.25) is 0 Å². The van der Waals surface area contributed by atoms with Gasteiger partial charge in [-0.05, 0) is 42.7 Å². The number of nitrogen functional groups attached to an aromatic ring is 1. The molecule has 0 fully saturated rings. The summed E-state index contributed by atoms with van der Waals surface area (Å²) >= 11 is 0. The lowest BCUT2D eigenvalue weighted by Crippen LogP contribution is -2.09. The number of aryl methyl sites for hydroxylation is 1. The predicted molar refractivity (Wildman–Crippen MR) is 69.8 cm³/mol. The Morgan fingerprint density at radius 3 is 2.89 bits per heavy atom. The third-order valence-corrected chi connectivity index (χ3v) is 2.66. The molecule has 5 heteroatoms. The SMILES string of the molecule is Cc1cc(F)ccc1CCNc1nccc(N)n1. The molecule has 0 bridgehead atoms. The van der Waals surface area contributed by atoms with Crippen molar-refractivity contribution in [1.29, 1.82) is 0 Å². The number of rotatable bonds is 4. The molecule has 18 heavy (non-hydrogen) atoms. The van der Waals surface area contributed by atoms with Gasteiger partial charge in [0.25, 0.3) is 0 Å². The Morgan fingerprint density at radius 2 is 2.17 bits per heavy atom.